The fourth-order valence-electron chi connectivity index (χ4n) is 3.27. The Bertz CT molecular complexity index is 373. The van der Waals surface area contributed by atoms with Crippen molar-refractivity contribution in [1.29, 1.82) is 0 Å². The SMILES string of the molecule is CCC[C@@H]1CCC[C@H]([C@H](O)c2cccc(O)c2)C1. The number of aliphatic hydroxyl groups is 1. The van der Waals surface area contributed by atoms with Gasteiger partial charge in [-0.2, -0.15) is 0 Å². The maximum atomic E-state index is 10.4. The monoisotopic (exact) mass is 248 g/mol. The first-order valence-corrected chi connectivity index (χ1v) is 7.17. The molecule has 0 bridgehead atoms. The summed E-state index contributed by atoms with van der Waals surface area (Å²) in [5.41, 5.74) is 0.858. The van der Waals surface area contributed by atoms with Gasteiger partial charge in [0.1, 0.15) is 5.75 Å². The summed E-state index contributed by atoms with van der Waals surface area (Å²) in [6.07, 6.45) is 6.88. The van der Waals surface area contributed by atoms with Crippen molar-refractivity contribution in [2.75, 3.05) is 0 Å². The van der Waals surface area contributed by atoms with Crippen molar-refractivity contribution < 1.29 is 10.2 Å². The van der Waals surface area contributed by atoms with Crippen molar-refractivity contribution in [1.82, 2.24) is 0 Å². The summed E-state index contributed by atoms with van der Waals surface area (Å²) in [4.78, 5) is 0. The van der Waals surface area contributed by atoms with Crippen LogP contribution in [0.3, 0.4) is 0 Å². The Labute approximate surface area is 110 Å². The lowest BCUT2D eigenvalue weighted by atomic mass is 9.76. The van der Waals surface area contributed by atoms with Crippen molar-refractivity contribution in [2.45, 2.75) is 51.6 Å². The largest absolute Gasteiger partial charge is 0.508 e. The molecule has 2 heteroatoms. The van der Waals surface area contributed by atoms with Gasteiger partial charge in [-0.05, 0) is 42.4 Å². The highest BCUT2D eigenvalue weighted by molar-refractivity contribution is 5.28. The number of aliphatic hydroxyl groups excluding tert-OH is 1. The predicted octanol–water partition coefficient (Wildman–Crippen LogP) is 4.03. The van der Waals surface area contributed by atoms with E-state index in [1.54, 1.807) is 18.2 Å². The molecule has 0 heterocycles. The predicted molar refractivity (Wildman–Crippen MR) is 73.4 cm³/mol. The minimum absolute atomic E-state index is 0.243. The second-order valence-corrected chi connectivity index (χ2v) is 5.62. The number of phenols is 1. The maximum absolute atomic E-state index is 10.4. The molecule has 1 saturated carbocycles. The van der Waals surface area contributed by atoms with Crippen molar-refractivity contribution in [3.05, 3.63) is 29.8 Å². The van der Waals surface area contributed by atoms with Gasteiger partial charge in [0.15, 0.2) is 0 Å². The van der Waals surface area contributed by atoms with Gasteiger partial charge in [0.05, 0.1) is 6.10 Å². The number of benzene rings is 1. The summed E-state index contributed by atoms with van der Waals surface area (Å²) < 4.78 is 0. The Kier molecular flexibility index (Phi) is 4.65. The first kappa shape index (κ1) is 13.4. The molecule has 2 nitrogen and oxygen atoms in total. The van der Waals surface area contributed by atoms with Crippen molar-refractivity contribution in [3.63, 3.8) is 0 Å². The van der Waals surface area contributed by atoms with E-state index in [0.717, 1.165) is 24.3 Å². The fraction of sp³-hybridized carbons (Fsp3) is 0.625. The Hall–Kier alpha value is -1.02. The molecule has 0 radical (unpaired) electrons. The van der Waals surface area contributed by atoms with Crippen molar-refractivity contribution in [3.8, 4) is 5.75 Å². The summed E-state index contributed by atoms with van der Waals surface area (Å²) in [5, 5.41) is 19.9. The summed E-state index contributed by atoms with van der Waals surface area (Å²) in [5.74, 6) is 1.38. The van der Waals surface area contributed by atoms with E-state index < -0.39 is 6.10 Å². The molecule has 2 rings (SSSR count). The van der Waals surface area contributed by atoms with Gasteiger partial charge in [0, 0.05) is 0 Å². The number of rotatable bonds is 4. The van der Waals surface area contributed by atoms with Crippen LogP contribution in [0.15, 0.2) is 24.3 Å². The molecule has 3 atom stereocenters. The number of hydrogen-bond acceptors (Lipinski definition) is 2. The smallest absolute Gasteiger partial charge is 0.115 e. The second-order valence-electron chi connectivity index (χ2n) is 5.62. The molecule has 1 aromatic rings. The summed E-state index contributed by atoms with van der Waals surface area (Å²) in [6, 6.07) is 7.05. The third-order valence-corrected chi connectivity index (χ3v) is 4.18. The van der Waals surface area contributed by atoms with Gasteiger partial charge in [-0.1, -0.05) is 44.7 Å². The fourth-order valence-corrected chi connectivity index (χ4v) is 3.27. The van der Waals surface area contributed by atoms with Crippen LogP contribution in [-0.4, -0.2) is 10.2 Å². The van der Waals surface area contributed by atoms with E-state index in [0.29, 0.717) is 5.92 Å². The van der Waals surface area contributed by atoms with Crippen LogP contribution < -0.4 is 0 Å². The van der Waals surface area contributed by atoms with E-state index in [1.165, 1.54) is 25.7 Å². The molecule has 0 amide bonds. The van der Waals surface area contributed by atoms with Gasteiger partial charge in [-0.25, -0.2) is 0 Å². The van der Waals surface area contributed by atoms with Crippen LogP contribution >= 0.6 is 0 Å². The van der Waals surface area contributed by atoms with Crippen LogP contribution in [0, 0.1) is 11.8 Å². The molecular formula is C16H24O2. The van der Waals surface area contributed by atoms with Crippen LogP contribution in [0.25, 0.3) is 0 Å². The lowest BCUT2D eigenvalue weighted by Crippen LogP contribution is -2.21. The summed E-state index contributed by atoms with van der Waals surface area (Å²) >= 11 is 0. The molecule has 0 aliphatic heterocycles. The van der Waals surface area contributed by atoms with Crippen molar-refractivity contribution >= 4 is 0 Å². The average molecular weight is 248 g/mol. The highest BCUT2D eigenvalue weighted by Gasteiger charge is 2.27. The molecule has 1 aliphatic rings. The number of hydrogen-bond donors (Lipinski definition) is 2. The first-order chi connectivity index (χ1) is 8.70. The maximum Gasteiger partial charge on any atom is 0.115 e. The van der Waals surface area contributed by atoms with Crippen LogP contribution in [0.2, 0.25) is 0 Å². The zero-order chi connectivity index (χ0) is 13.0. The third kappa shape index (κ3) is 3.26. The van der Waals surface area contributed by atoms with Crippen molar-refractivity contribution in [2.24, 2.45) is 11.8 Å². The molecule has 0 unspecified atom stereocenters. The standard InChI is InChI=1S/C16H24O2/c1-2-5-12-6-3-7-13(10-12)16(18)14-8-4-9-15(17)11-14/h4,8-9,11-13,16-18H,2-3,5-7,10H2,1H3/t12-,13+,16+/m1/s1. The molecule has 1 fully saturated rings. The van der Waals surface area contributed by atoms with Gasteiger partial charge < -0.3 is 10.2 Å². The molecule has 1 aliphatic carbocycles. The zero-order valence-electron chi connectivity index (χ0n) is 11.2. The van der Waals surface area contributed by atoms with Crippen LogP contribution in [0.5, 0.6) is 5.75 Å². The van der Waals surface area contributed by atoms with E-state index in [9.17, 15) is 10.2 Å². The highest BCUT2D eigenvalue weighted by Crippen LogP contribution is 2.39. The molecule has 0 aromatic heterocycles. The van der Waals surface area contributed by atoms with Crippen LogP contribution in [0.1, 0.15) is 57.1 Å². The third-order valence-electron chi connectivity index (χ3n) is 4.18. The highest BCUT2D eigenvalue weighted by atomic mass is 16.3. The Balaban J connectivity index is 2.02. The van der Waals surface area contributed by atoms with Gasteiger partial charge in [0.25, 0.3) is 0 Å². The second kappa shape index (κ2) is 6.24. The lowest BCUT2D eigenvalue weighted by Gasteiger charge is -2.32. The minimum Gasteiger partial charge on any atom is -0.508 e. The van der Waals surface area contributed by atoms with E-state index >= 15 is 0 Å². The molecule has 2 N–H and O–H groups in total. The average Bonchev–Trinajstić information content (AvgIpc) is 2.39. The van der Waals surface area contributed by atoms with Gasteiger partial charge in [0.2, 0.25) is 0 Å². The zero-order valence-corrected chi connectivity index (χ0v) is 11.2. The molecule has 0 saturated heterocycles. The lowest BCUT2D eigenvalue weighted by molar-refractivity contribution is 0.0666. The van der Waals surface area contributed by atoms with Gasteiger partial charge >= 0.3 is 0 Å². The summed E-state index contributed by atoms with van der Waals surface area (Å²) in [6.45, 7) is 2.23. The van der Waals surface area contributed by atoms with Crippen LogP contribution in [-0.2, 0) is 0 Å². The number of aromatic hydroxyl groups is 1. The van der Waals surface area contributed by atoms with E-state index in [1.807, 2.05) is 6.07 Å². The van der Waals surface area contributed by atoms with E-state index in [-0.39, 0.29) is 5.75 Å². The normalized spacial score (nSPS) is 25.9. The van der Waals surface area contributed by atoms with Gasteiger partial charge in [-0.15, -0.1) is 0 Å². The molecule has 100 valence electrons. The topological polar surface area (TPSA) is 40.5 Å². The van der Waals surface area contributed by atoms with Gasteiger partial charge in [-0.3, -0.25) is 0 Å². The molecular weight excluding hydrogens is 224 g/mol. The Morgan fingerprint density at radius 1 is 1.33 bits per heavy atom. The number of phenolic OH excluding ortho intramolecular Hbond substituents is 1. The molecule has 1 aromatic carbocycles. The first-order valence-electron chi connectivity index (χ1n) is 7.17. The van der Waals surface area contributed by atoms with E-state index in [4.69, 9.17) is 0 Å². The van der Waals surface area contributed by atoms with Crippen LogP contribution in [0.4, 0.5) is 0 Å². The Morgan fingerprint density at radius 2 is 2.17 bits per heavy atom. The minimum atomic E-state index is -0.420. The molecule has 0 spiro atoms. The molecule has 18 heavy (non-hydrogen) atoms. The van der Waals surface area contributed by atoms with E-state index in [2.05, 4.69) is 6.92 Å². The Morgan fingerprint density at radius 3 is 2.89 bits per heavy atom. The quantitative estimate of drug-likeness (QED) is 0.844. The summed E-state index contributed by atoms with van der Waals surface area (Å²) in [7, 11) is 0.